The van der Waals surface area contributed by atoms with Gasteiger partial charge in [0.2, 0.25) is 0 Å². The highest BCUT2D eigenvalue weighted by Crippen LogP contribution is 2.51. The van der Waals surface area contributed by atoms with Crippen molar-refractivity contribution in [2.24, 2.45) is 0 Å². The van der Waals surface area contributed by atoms with Gasteiger partial charge in [-0.3, -0.25) is 4.79 Å². The third kappa shape index (κ3) is 3.89. The molecule has 3 atom stereocenters. The van der Waals surface area contributed by atoms with Crippen LogP contribution in [0.15, 0.2) is 84.9 Å². The molecule has 4 aromatic carbocycles. The normalized spacial score (nSPS) is 21.0. The van der Waals surface area contributed by atoms with Gasteiger partial charge in [-0.05, 0) is 77.8 Å². The quantitative estimate of drug-likeness (QED) is 0.349. The van der Waals surface area contributed by atoms with Crippen LogP contribution >= 0.6 is 0 Å². The van der Waals surface area contributed by atoms with E-state index in [-0.39, 0.29) is 17.4 Å². The average molecular weight is 496 g/mol. The molecule has 2 N–H and O–H groups in total. The summed E-state index contributed by atoms with van der Waals surface area (Å²) in [6, 6.07) is 25.7. The number of phenolic OH excluding ortho intramolecular Hbond substituents is 1. The molecular weight excluding hydrogens is 465 g/mol. The fourth-order valence-corrected chi connectivity index (χ4v) is 6.66. The van der Waals surface area contributed by atoms with Gasteiger partial charge in [0.15, 0.2) is 11.6 Å². The second-order valence-corrected chi connectivity index (χ2v) is 10.3. The van der Waals surface area contributed by atoms with Crippen molar-refractivity contribution in [1.29, 1.82) is 0 Å². The molecule has 1 amide bonds. The van der Waals surface area contributed by atoms with E-state index in [1.807, 2.05) is 54.6 Å². The van der Waals surface area contributed by atoms with Gasteiger partial charge < -0.3 is 15.1 Å². The van der Waals surface area contributed by atoms with Crippen LogP contribution in [0, 0.1) is 5.82 Å². The number of benzene rings is 4. The monoisotopic (exact) mass is 495 g/mol. The molecule has 0 spiro atoms. The molecule has 1 aliphatic heterocycles. The van der Waals surface area contributed by atoms with E-state index in [9.17, 15) is 19.4 Å². The van der Waals surface area contributed by atoms with Crippen LogP contribution in [0.25, 0.3) is 10.8 Å². The van der Waals surface area contributed by atoms with Crippen LogP contribution in [-0.4, -0.2) is 33.6 Å². The summed E-state index contributed by atoms with van der Waals surface area (Å²) in [7, 11) is 0. The number of aromatic hydroxyl groups is 1. The van der Waals surface area contributed by atoms with Gasteiger partial charge in [0.25, 0.3) is 5.91 Å². The number of carbonyl (C=O) groups excluding carboxylic acids is 1. The molecule has 188 valence electrons. The Kier molecular flexibility index (Phi) is 5.96. The van der Waals surface area contributed by atoms with E-state index >= 15 is 0 Å². The zero-order chi connectivity index (χ0) is 25.6. The molecule has 1 aliphatic carbocycles. The molecular formula is C32H30FNO3. The van der Waals surface area contributed by atoms with Gasteiger partial charge >= 0.3 is 0 Å². The maximum Gasteiger partial charge on any atom is 0.254 e. The number of nitrogens with zero attached hydrogens (tertiary/aromatic N) is 1. The van der Waals surface area contributed by atoms with Gasteiger partial charge in [-0.1, -0.05) is 66.7 Å². The Labute approximate surface area is 216 Å². The third-order valence-electron chi connectivity index (χ3n) is 8.34. The van der Waals surface area contributed by atoms with Crippen molar-refractivity contribution < 1.29 is 19.4 Å². The number of halogens is 1. The molecule has 4 nitrogen and oxygen atoms in total. The summed E-state index contributed by atoms with van der Waals surface area (Å²) < 4.78 is 14.2. The molecule has 6 rings (SSSR count). The van der Waals surface area contributed by atoms with Crippen LogP contribution in [0.3, 0.4) is 0 Å². The van der Waals surface area contributed by atoms with Crippen LogP contribution < -0.4 is 0 Å². The largest absolute Gasteiger partial charge is 0.505 e. The molecule has 37 heavy (non-hydrogen) atoms. The number of rotatable bonds is 4. The summed E-state index contributed by atoms with van der Waals surface area (Å²) >= 11 is 0. The van der Waals surface area contributed by atoms with Crippen LogP contribution in [0.4, 0.5) is 4.39 Å². The minimum absolute atomic E-state index is 0.173. The summed E-state index contributed by atoms with van der Waals surface area (Å²) in [5.74, 6) is -1.84. The summed E-state index contributed by atoms with van der Waals surface area (Å²) in [5.41, 5.74) is 2.03. The molecule has 1 saturated heterocycles. The van der Waals surface area contributed by atoms with Crippen molar-refractivity contribution in [3.63, 3.8) is 0 Å². The van der Waals surface area contributed by atoms with E-state index < -0.39 is 23.2 Å². The lowest BCUT2D eigenvalue weighted by atomic mass is 9.66. The van der Waals surface area contributed by atoms with Crippen molar-refractivity contribution in [1.82, 2.24) is 4.90 Å². The predicted octanol–water partition coefficient (Wildman–Crippen LogP) is 6.30. The van der Waals surface area contributed by atoms with E-state index in [0.29, 0.717) is 13.0 Å². The fraction of sp³-hybridized carbons (Fsp3) is 0.281. The molecule has 2 unspecified atom stereocenters. The number of carbonyl (C=O) groups is 1. The smallest absolute Gasteiger partial charge is 0.254 e. The highest BCUT2D eigenvalue weighted by atomic mass is 19.1. The first kappa shape index (κ1) is 23.7. The highest BCUT2D eigenvalue weighted by molar-refractivity contribution is 5.95. The van der Waals surface area contributed by atoms with Crippen molar-refractivity contribution in [2.45, 2.75) is 49.7 Å². The third-order valence-corrected chi connectivity index (χ3v) is 8.34. The molecule has 4 aromatic rings. The Hall–Kier alpha value is -3.70. The molecule has 2 aliphatic rings. The topological polar surface area (TPSA) is 60.8 Å². The number of likely N-dealkylation sites (tertiary alicyclic amines) is 1. The Balaban J connectivity index is 1.53. The van der Waals surface area contributed by atoms with Gasteiger partial charge in [-0.2, -0.15) is 0 Å². The number of fused-ring (bicyclic) bond motifs is 2. The molecule has 0 saturated carbocycles. The zero-order valence-electron chi connectivity index (χ0n) is 20.6. The first-order valence-corrected chi connectivity index (χ1v) is 13.1. The van der Waals surface area contributed by atoms with E-state index in [0.717, 1.165) is 53.6 Å². The predicted molar refractivity (Wildman–Crippen MR) is 142 cm³/mol. The first-order chi connectivity index (χ1) is 18.0. The van der Waals surface area contributed by atoms with Crippen molar-refractivity contribution in [3.8, 4) is 5.75 Å². The lowest BCUT2D eigenvalue weighted by molar-refractivity contribution is -0.0574. The summed E-state index contributed by atoms with van der Waals surface area (Å²) in [6.45, 7) is 0.480. The summed E-state index contributed by atoms with van der Waals surface area (Å²) in [5, 5.41) is 24.8. The molecule has 1 heterocycles. The van der Waals surface area contributed by atoms with E-state index in [1.165, 1.54) is 17.7 Å². The highest BCUT2D eigenvalue weighted by Gasteiger charge is 2.52. The average Bonchev–Trinajstić information content (AvgIpc) is 3.44. The number of amides is 1. The second-order valence-electron chi connectivity index (χ2n) is 10.3. The van der Waals surface area contributed by atoms with E-state index in [4.69, 9.17) is 0 Å². The SMILES string of the molecule is O=C(c1ccc(O)c(F)c1)N1CCC[C@H]1C(O)(c1cccc2ccccc12)C1CCCc2ccccc21. The van der Waals surface area contributed by atoms with E-state index in [1.54, 1.807) is 4.90 Å². The molecule has 0 radical (unpaired) electrons. The van der Waals surface area contributed by atoms with Gasteiger partial charge in [0, 0.05) is 18.0 Å². The van der Waals surface area contributed by atoms with Crippen molar-refractivity contribution in [2.75, 3.05) is 6.54 Å². The Bertz CT molecular complexity index is 1480. The van der Waals surface area contributed by atoms with Crippen molar-refractivity contribution >= 4 is 16.7 Å². The van der Waals surface area contributed by atoms with E-state index in [2.05, 4.69) is 12.1 Å². The maximum atomic E-state index is 14.2. The lowest BCUT2D eigenvalue weighted by Crippen LogP contribution is -2.53. The van der Waals surface area contributed by atoms with Crippen LogP contribution in [0.2, 0.25) is 0 Å². The standard InChI is InChI=1S/C32H30FNO3/c33-28-20-23(17-18-29(28)35)31(36)34-19-7-16-30(34)32(37,26-14-5-10-21-8-1-3-12-24(21)26)27-15-6-11-22-9-2-4-13-25(22)27/h1-5,8-10,12-14,17-18,20,27,30,35,37H,6-7,11,15-16,19H2/t27?,30-,32?/m0/s1. The number of hydrogen-bond donors (Lipinski definition) is 2. The van der Waals surface area contributed by atoms with Gasteiger partial charge in [0.05, 0.1) is 6.04 Å². The minimum atomic E-state index is -1.35. The minimum Gasteiger partial charge on any atom is -0.505 e. The summed E-state index contributed by atoms with van der Waals surface area (Å²) in [4.78, 5) is 15.5. The number of aliphatic hydroxyl groups is 1. The molecule has 5 heteroatoms. The Morgan fingerprint density at radius 2 is 1.70 bits per heavy atom. The van der Waals surface area contributed by atoms with Crippen molar-refractivity contribution in [3.05, 3.63) is 113 Å². The second kappa shape index (κ2) is 9.31. The molecule has 0 aromatic heterocycles. The maximum absolute atomic E-state index is 14.2. The van der Waals surface area contributed by atoms with Crippen LogP contribution in [-0.2, 0) is 12.0 Å². The number of hydrogen-bond acceptors (Lipinski definition) is 3. The van der Waals surface area contributed by atoms with Gasteiger partial charge in [-0.15, -0.1) is 0 Å². The van der Waals surface area contributed by atoms with Crippen LogP contribution in [0.1, 0.15) is 58.6 Å². The lowest BCUT2D eigenvalue weighted by Gasteiger charge is -2.47. The number of phenols is 1. The number of aryl methyl sites for hydroxylation is 1. The van der Waals surface area contributed by atoms with Gasteiger partial charge in [0.1, 0.15) is 5.60 Å². The molecule has 0 bridgehead atoms. The summed E-state index contributed by atoms with van der Waals surface area (Å²) in [6.07, 6.45) is 4.13. The van der Waals surface area contributed by atoms with Crippen LogP contribution in [0.5, 0.6) is 5.75 Å². The zero-order valence-corrected chi connectivity index (χ0v) is 20.6. The molecule has 1 fully saturated rings. The fourth-order valence-electron chi connectivity index (χ4n) is 6.66. The first-order valence-electron chi connectivity index (χ1n) is 13.1. The Morgan fingerprint density at radius 1 is 0.919 bits per heavy atom. The Morgan fingerprint density at radius 3 is 2.57 bits per heavy atom. The van der Waals surface area contributed by atoms with Gasteiger partial charge in [-0.25, -0.2) is 4.39 Å².